The molecule has 0 aliphatic carbocycles. The van der Waals surface area contributed by atoms with Crippen molar-refractivity contribution in [3.05, 3.63) is 23.8 Å². The quantitative estimate of drug-likeness (QED) is 0.836. The van der Waals surface area contributed by atoms with Gasteiger partial charge in [-0.2, -0.15) is 0 Å². The predicted octanol–water partition coefficient (Wildman–Crippen LogP) is 1.00. The number of phenolic OH excluding ortho intramolecular Hbond substituents is 1. The number of aromatic hydroxyl groups is 1. The van der Waals surface area contributed by atoms with Crippen molar-refractivity contribution in [1.82, 2.24) is 4.90 Å². The maximum Gasteiger partial charge on any atom is 0.331 e. The minimum absolute atomic E-state index is 0.168. The highest BCUT2D eigenvalue weighted by atomic mass is 16.5. The predicted molar refractivity (Wildman–Crippen MR) is 63.5 cm³/mol. The molecular weight excluding hydrogens is 238 g/mol. The molecule has 1 aromatic carbocycles. The Morgan fingerprint density at radius 3 is 2.39 bits per heavy atom. The number of rotatable bonds is 4. The van der Waals surface area contributed by atoms with Gasteiger partial charge in [0.15, 0.2) is 17.5 Å². The molecule has 0 aliphatic rings. The first-order valence-electron chi connectivity index (χ1n) is 5.21. The first-order chi connectivity index (χ1) is 8.38. The van der Waals surface area contributed by atoms with Gasteiger partial charge in [-0.25, -0.2) is 4.79 Å². The van der Waals surface area contributed by atoms with Crippen LogP contribution in [0.1, 0.15) is 18.5 Å². The van der Waals surface area contributed by atoms with E-state index in [4.69, 9.17) is 9.84 Å². The zero-order valence-corrected chi connectivity index (χ0v) is 10.4. The van der Waals surface area contributed by atoms with Gasteiger partial charge in [0.1, 0.15) is 0 Å². The van der Waals surface area contributed by atoms with Gasteiger partial charge < -0.3 is 19.8 Å². The number of ether oxygens (including phenoxy) is 1. The third-order valence-electron chi connectivity index (χ3n) is 2.64. The Morgan fingerprint density at radius 2 is 2.00 bits per heavy atom. The molecule has 0 saturated carbocycles. The fourth-order valence-corrected chi connectivity index (χ4v) is 1.59. The molecule has 0 saturated heterocycles. The molecule has 0 aromatic heterocycles. The van der Waals surface area contributed by atoms with Crippen molar-refractivity contribution in [3.63, 3.8) is 0 Å². The van der Waals surface area contributed by atoms with Crippen LogP contribution in [0.3, 0.4) is 0 Å². The molecule has 0 aliphatic heterocycles. The van der Waals surface area contributed by atoms with Crippen molar-refractivity contribution in [2.45, 2.75) is 13.0 Å². The van der Waals surface area contributed by atoms with Crippen LogP contribution >= 0.6 is 0 Å². The lowest BCUT2D eigenvalue weighted by atomic mass is 10.0. The Bertz CT molecular complexity index is 472. The van der Waals surface area contributed by atoms with Crippen LogP contribution < -0.4 is 4.74 Å². The Morgan fingerprint density at radius 1 is 1.39 bits per heavy atom. The van der Waals surface area contributed by atoms with E-state index in [-0.39, 0.29) is 17.4 Å². The average molecular weight is 253 g/mol. The number of carboxylic acids is 1. The number of amides is 1. The Labute approximate surface area is 104 Å². The summed E-state index contributed by atoms with van der Waals surface area (Å²) in [7, 11) is 2.79. The van der Waals surface area contributed by atoms with Crippen molar-refractivity contribution in [3.8, 4) is 11.5 Å². The number of carbonyl (C=O) groups is 2. The van der Waals surface area contributed by atoms with Gasteiger partial charge in [-0.15, -0.1) is 0 Å². The van der Waals surface area contributed by atoms with Crippen molar-refractivity contribution in [2.24, 2.45) is 0 Å². The fourth-order valence-electron chi connectivity index (χ4n) is 1.59. The molecule has 0 radical (unpaired) electrons. The second-order valence-electron chi connectivity index (χ2n) is 3.80. The van der Waals surface area contributed by atoms with Crippen LogP contribution in [0.15, 0.2) is 18.2 Å². The second-order valence-corrected chi connectivity index (χ2v) is 3.80. The van der Waals surface area contributed by atoms with Crippen LogP contribution in [0.25, 0.3) is 0 Å². The summed E-state index contributed by atoms with van der Waals surface area (Å²) in [6.07, 6.45) is 0. The smallest absolute Gasteiger partial charge is 0.331 e. The van der Waals surface area contributed by atoms with Crippen molar-refractivity contribution >= 4 is 11.9 Å². The maximum atomic E-state index is 11.2. The third-order valence-corrected chi connectivity index (χ3v) is 2.64. The second kappa shape index (κ2) is 5.39. The number of hydrogen-bond acceptors (Lipinski definition) is 4. The molecule has 6 nitrogen and oxygen atoms in total. The molecule has 0 fully saturated rings. The third kappa shape index (κ3) is 2.71. The summed E-state index contributed by atoms with van der Waals surface area (Å²) in [6.45, 7) is 1.28. The van der Waals surface area contributed by atoms with Gasteiger partial charge in [0, 0.05) is 14.0 Å². The number of methoxy groups -OCH3 is 1. The molecule has 0 spiro atoms. The molecule has 18 heavy (non-hydrogen) atoms. The lowest BCUT2D eigenvalue weighted by molar-refractivity contribution is -0.148. The SMILES string of the molecule is COc1ccc(C(C(=O)O)N(C)C(C)=O)cc1O. The van der Waals surface area contributed by atoms with Crippen LogP contribution in [0.5, 0.6) is 11.5 Å². The van der Waals surface area contributed by atoms with Gasteiger partial charge in [0.25, 0.3) is 0 Å². The summed E-state index contributed by atoms with van der Waals surface area (Å²) < 4.78 is 4.87. The molecular formula is C12H15NO5. The summed E-state index contributed by atoms with van der Waals surface area (Å²) in [5, 5.41) is 18.8. The van der Waals surface area contributed by atoms with E-state index in [1.54, 1.807) is 0 Å². The zero-order chi connectivity index (χ0) is 13.9. The van der Waals surface area contributed by atoms with Crippen LogP contribution in [0.4, 0.5) is 0 Å². The Hall–Kier alpha value is -2.24. The highest BCUT2D eigenvalue weighted by Crippen LogP contribution is 2.30. The summed E-state index contributed by atoms with van der Waals surface area (Å²) in [4.78, 5) is 23.5. The number of aliphatic carboxylic acids is 1. The molecule has 0 heterocycles. The highest BCUT2D eigenvalue weighted by Gasteiger charge is 2.27. The van der Waals surface area contributed by atoms with Gasteiger partial charge in [0.05, 0.1) is 7.11 Å². The average Bonchev–Trinajstić information content (AvgIpc) is 2.28. The summed E-state index contributed by atoms with van der Waals surface area (Å²) >= 11 is 0. The number of nitrogens with zero attached hydrogens (tertiary/aromatic N) is 1. The van der Waals surface area contributed by atoms with Crippen molar-refractivity contribution in [2.75, 3.05) is 14.2 Å². The van der Waals surface area contributed by atoms with E-state index in [0.29, 0.717) is 5.56 Å². The molecule has 1 aromatic rings. The number of carbonyl (C=O) groups excluding carboxylic acids is 1. The summed E-state index contributed by atoms with van der Waals surface area (Å²) in [6, 6.07) is 3.09. The molecule has 2 N–H and O–H groups in total. The normalized spacial score (nSPS) is 11.7. The minimum Gasteiger partial charge on any atom is -0.504 e. The number of phenols is 1. The maximum absolute atomic E-state index is 11.2. The van der Waals surface area contributed by atoms with E-state index in [0.717, 1.165) is 4.90 Å². The van der Waals surface area contributed by atoms with Gasteiger partial charge in [-0.1, -0.05) is 6.07 Å². The summed E-state index contributed by atoms with van der Waals surface area (Å²) in [5.74, 6) is -1.47. The number of carboxylic acid groups (broad SMARTS) is 1. The standard InChI is InChI=1S/C12H15NO5/c1-7(14)13(2)11(12(16)17)8-4-5-10(18-3)9(15)6-8/h4-6,11,15H,1-3H3,(H,16,17). The molecule has 1 unspecified atom stereocenters. The van der Waals surface area contributed by atoms with Crippen LogP contribution in [-0.4, -0.2) is 41.1 Å². The Balaban J connectivity index is 3.19. The van der Waals surface area contributed by atoms with Gasteiger partial charge >= 0.3 is 5.97 Å². The molecule has 6 heteroatoms. The monoisotopic (exact) mass is 253 g/mol. The van der Waals surface area contributed by atoms with Crippen molar-refractivity contribution in [1.29, 1.82) is 0 Å². The molecule has 1 amide bonds. The first kappa shape index (κ1) is 13.8. The van der Waals surface area contributed by atoms with Crippen LogP contribution in [0.2, 0.25) is 0 Å². The topological polar surface area (TPSA) is 87.1 Å². The fraction of sp³-hybridized carbons (Fsp3) is 0.333. The van der Waals surface area contributed by atoms with E-state index >= 15 is 0 Å². The van der Waals surface area contributed by atoms with E-state index in [1.165, 1.54) is 39.3 Å². The van der Waals surface area contributed by atoms with Gasteiger partial charge in [-0.05, 0) is 17.7 Å². The first-order valence-corrected chi connectivity index (χ1v) is 5.21. The highest BCUT2D eigenvalue weighted by molar-refractivity contribution is 5.83. The van der Waals surface area contributed by atoms with E-state index < -0.39 is 12.0 Å². The van der Waals surface area contributed by atoms with Crippen LogP contribution in [0, 0.1) is 0 Å². The van der Waals surface area contributed by atoms with Crippen LogP contribution in [-0.2, 0) is 9.59 Å². The molecule has 1 rings (SSSR count). The largest absolute Gasteiger partial charge is 0.504 e. The Kier molecular flexibility index (Phi) is 4.14. The lowest BCUT2D eigenvalue weighted by Gasteiger charge is -2.24. The van der Waals surface area contributed by atoms with Gasteiger partial charge in [0.2, 0.25) is 5.91 Å². The van der Waals surface area contributed by atoms with E-state index in [9.17, 15) is 14.7 Å². The molecule has 0 bridgehead atoms. The van der Waals surface area contributed by atoms with Gasteiger partial charge in [-0.3, -0.25) is 4.79 Å². The summed E-state index contributed by atoms with van der Waals surface area (Å²) in [5.41, 5.74) is 0.304. The molecule has 1 atom stereocenters. The van der Waals surface area contributed by atoms with E-state index in [1.807, 2.05) is 0 Å². The van der Waals surface area contributed by atoms with E-state index in [2.05, 4.69) is 0 Å². The number of benzene rings is 1. The minimum atomic E-state index is -1.17. The van der Waals surface area contributed by atoms with Crippen molar-refractivity contribution < 1.29 is 24.5 Å². The zero-order valence-electron chi connectivity index (χ0n) is 10.4. The number of likely N-dealkylation sites (N-methyl/N-ethyl adjacent to an activating group) is 1. The molecule has 98 valence electrons. The number of hydrogen-bond donors (Lipinski definition) is 2. The lowest BCUT2D eigenvalue weighted by Crippen LogP contribution is -2.34.